The molecule has 2 aliphatic heterocycles. The monoisotopic (exact) mass is 482 g/mol. The maximum atomic E-state index is 13.0. The van der Waals surface area contributed by atoms with Crippen LogP contribution in [0.5, 0.6) is 0 Å². The van der Waals surface area contributed by atoms with Crippen LogP contribution in [0.3, 0.4) is 0 Å². The van der Waals surface area contributed by atoms with Crippen LogP contribution in [0, 0.1) is 5.92 Å². The number of aromatic nitrogens is 5. The lowest BCUT2D eigenvalue weighted by molar-refractivity contribution is -0.128. The quantitative estimate of drug-likeness (QED) is 0.470. The highest BCUT2D eigenvalue weighted by Crippen LogP contribution is 2.27. The maximum Gasteiger partial charge on any atom is 0.233 e. The molecule has 0 unspecified atom stereocenters. The van der Waals surface area contributed by atoms with Crippen LogP contribution in [0.15, 0.2) is 46.6 Å². The van der Waals surface area contributed by atoms with Gasteiger partial charge in [0.1, 0.15) is 11.6 Å². The molecular weight excluding hydrogens is 452 g/mol. The first-order chi connectivity index (χ1) is 16.7. The average Bonchev–Trinajstić information content (AvgIpc) is 3.54. The molecule has 34 heavy (non-hydrogen) atoms. The third kappa shape index (κ3) is 5.19. The Kier molecular flexibility index (Phi) is 6.98. The van der Waals surface area contributed by atoms with E-state index in [0.29, 0.717) is 25.4 Å². The molecule has 0 bridgehead atoms. The Morgan fingerprint density at radius 1 is 1.09 bits per heavy atom. The van der Waals surface area contributed by atoms with E-state index in [1.54, 1.807) is 24.9 Å². The summed E-state index contributed by atoms with van der Waals surface area (Å²) in [7, 11) is 0. The Labute approximate surface area is 203 Å². The van der Waals surface area contributed by atoms with E-state index in [2.05, 4.69) is 41.5 Å². The molecule has 180 valence electrons. The minimum Gasteiger partial charge on any atom is -0.467 e. The van der Waals surface area contributed by atoms with E-state index in [0.717, 1.165) is 67.6 Å². The van der Waals surface area contributed by atoms with E-state index in [1.807, 2.05) is 17.0 Å². The van der Waals surface area contributed by atoms with E-state index in [9.17, 15) is 4.79 Å². The predicted molar refractivity (Wildman–Crippen MR) is 130 cm³/mol. The Morgan fingerprint density at radius 2 is 1.91 bits per heavy atom. The van der Waals surface area contributed by atoms with Gasteiger partial charge in [-0.1, -0.05) is 18.7 Å². The van der Waals surface area contributed by atoms with Crippen LogP contribution in [0.25, 0.3) is 0 Å². The molecule has 0 spiro atoms. The van der Waals surface area contributed by atoms with Gasteiger partial charge in [-0.2, -0.15) is 0 Å². The largest absolute Gasteiger partial charge is 0.467 e. The molecule has 10 nitrogen and oxygen atoms in total. The van der Waals surface area contributed by atoms with E-state index in [4.69, 9.17) is 4.42 Å². The van der Waals surface area contributed by atoms with Gasteiger partial charge >= 0.3 is 0 Å². The Bertz CT molecular complexity index is 1060. The third-order valence-corrected chi connectivity index (χ3v) is 7.44. The summed E-state index contributed by atoms with van der Waals surface area (Å²) in [6, 6.07) is 3.84. The SMILES string of the molecule is CC1CCN(c2nnc(SCC(=O)N3CCN(c4cnccn4)CC3)n2Cc2ccco2)CC1. The van der Waals surface area contributed by atoms with Crippen LogP contribution in [-0.4, -0.2) is 80.6 Å². The molecule has 5 heterocycles. The number of carbonyl (C=O) groups is 1. The lowest BCUT2D eigenvalue weighted by atomic mass is 10.00. The summed E-state index contributed by atoms with van der Waals surface area (Å²) in [5.41, 5.74) is 0. The molecule has 2 fully saturated rings. The van der Waals surface area contributed by atoms with Gasteiger partial charge in [0, 0.05) is 51.7 Å². The standard InChI is InChI=1S/C23H30N8O2S/c1-18-4-8-30(9-5-18)22-26-27-23(31(22)16-19-3-2-14-33-19)34-17-21(32)29-12-10-28(11-13-29)20-15-24-6-7-25-20/h2-3,6-7,14-15,18H,4-5,8-13,16-17H2,1H3. The van der Waals surface area contributed by atoms with Crippen molar-refractivity contribution in [2.24, 2.45) is 5.92 Å². The second-order valence-electron chi connectivity index (χ2n) is 8.84. The van der Waals surface area contributed by atoms with Gasteiger partial charge < -0.3 is 19.1 Å². The summed E-state index contributed by atoms with van der Waals surface area (Å²) >= 11 is 1.45. The van der Waals surface area contributed by atoms with E-state index in [1.165, 1.54) is 11.8 Å². The minimum absolute atomic E-state index is 0.115. The maximum absolute atomic E-state index is 13.0. The Morgan fingerprint density at radius 3 is 2.62 bits per heavy atom. The summed E-state index contributed by atoms with van der Waals surface area (Å²) in [5, 5.41) is 9.72. The first kappa shape index (κ1) is 22.7. The zero-order valence-electron chi connectivity index (χ0n) is 19.4. The zero-order valence-corrected chi connectivity index (χ0v) is 20.2. The Hall–Kier alpha value is -3.08. The molecule has 5 rings (SSSR count). The third-order valence-electron chi connectivity index (χ3n) is 6.49. The van der Waals surface area contributed by atoms with Crippen molar-refractivity contribution in [3.8, 4) is 0 Å². The van der Waals surface area contributed by atoms with Crippen molar-refractivity contribution in [3.05, 3.63) is 42.7 Å². The normalized spacial score (nSPS) is 17.4. The first-order valence-electron chi connectivity index (χ1n) is 11.8. The number of nitrogens with zero attached hydrogens (tertiary/aromatic N) is 8. The van der Waals surface area contributed by atoms with Gasteiger partial charge in [-0.25, -0.2) is 4.98 Å². The van der Waals surface area contributed by atoms with E-state index >= 15 is 0 Å². The minimum atomic E-state index is 0.115. The molecule has 3 aromatic heterocycles. The number of hydrogen-bond acceptors (Lipinski definition) is 9. The van der Waals surface area contributed by atoms with Gasteiger partial charge in [0.2, 0.25) is 11.9 Å². The van der Waals surface area contributed by atoms with E-state index in [-0.39, 0.29) is 5.91 Å². The second-order valence-corrected chi connectivity index (χ2v) is 9.78. The van der Waals surface area contributed by atoms with Gasteiger partial charge in [-0.3, -0.25) is 14.3 Å². The highest BCUT2D eigenvalue weighted by Gasteiger charge is 2.26. The molecule has 0 aromatic carbocycles. The summed E-state index contributed by atoms with van der Waals surface area (Å²) < 4.78 is 7.68. The molecular formula is C23H30N8O2S. The van der Waals surface area contributed by atoms with Crippen molar-refractivity contribution in [2.75, 3.05) is 54.8 Å². The number of amides is 1. The highest BCUT2D eigenvalue weighted by molar-refractivity contribution is 7.99. The second kappa shape index (κ2) is 10.5. The van der Waals surface area contributed by atoms with Crippen molar-refractivity contribution in [1.29, 1.82) is 0 Å². The lowest BCUT2D eigenvalue weighted by Gasteiger charge is -2.35. The number of piperidine rings is 1. The van der Waals surface area contributed by atoms with Gasteiger partial charge in [-0.05, 0) is 30.9 Å². The van der Waals surface area contributed by atoms with Gasteiger partial charge in [0.15, 0.2) is 5.16 Å². The summed E-state index contributed by atoms with van der Waals surface area (Å²) in [4.78, 5) is 27.8. The molecule has 0 radical (unpaired) electrons. The lowest BCUT2D eigenvalue weighted by Crippen LogP contribution is -2.49. The molecule has 0 saturated carbocycles. The fourth-order valence-electron chi connectivity index (χ4n) is 4.38. The van der Waals surface area contributed by atoms with Crippen LogP contribution in [0.2, 0.25) is 0 Å². The fraction of sp³-hybridized carbons (Fsp3) is 0.522. The topological polar surface area (TPSA) is 96.4 Å². The molecule has 3 aromatic rings. The van der Waals surface area contributed by atoms with Crippen LogP contribution < -0.4 is 9.80 Å². The molecule has 0 aliphatic carbocycles. The molecule has 1 amide bonds. The molecule has 2 saturated heterocycles. The molecule has 2 aliphatic rings. The van der Waals surface area contributed by atoms with Gasteiger partial charge in [0.25, 0.3) is 0 Å². The number of furan rings is 1. The van der Waals surface area contributed by atoms with Gasteiger partial charge in [0.05, 0.1) is 24.8 Å². The molecule has 11 heteroatoms. The average molecular weight is 483 g/mol. The van der Waals surface area contributed by atoms with Crippen LogP contribution in [0.4, 0.5) is 11.8 Å². The Balaban J connectivity index is 1.22. The van der Waals surface area contributed by atoms with Crippen LogP contribution in [0.1, 0.15) is 25.5 Å². The van der Waals surface area contributed by atoms with Gasteiger partial charge in [-0.15, -0.1) is 10.2 Å². The van der Waals surface area contributed by atoms with Crippen LogP contribution in [-0.2, 0) is 11.3 Å². The number of carbonyl (C=O) groups excluding carboxylic acids is 1. The summed E-state index contributed by atoms with van der Waals surface area (Å²) in [6.07, 6.45) is 9.10. The number of anilines is 2. The summed E-state index contributed by atoms with van der Waals surface area (Å²) in [5.74, 6) is 3.74. The van der Waals surface area contributed by atoms with Crippen molar-refractivity contribution in [1.82, 2.24) is 29.6 Å². The summed E-state index contributed by atoms with van der Waals surface area (Å²) in [6.45, 7) is 7.63. The highest BCUT2D eigenvalue weighted by atomic mass is 32.2. The first-order valence-corrected chi connectivity index (χ1v) is 12.8. The van der Waals surface area contributed by atoms with Crippen molar-refractivity contribution in [2.45, 2.75) is 31.5 Å². The predicted octanol–water partition coefficient (Wildman–Crippen LogP) is 2.39. The number of piperazine rings is 1. The molecule has 0 N–H and O–H groups in total. The zero-order chi connectivity index (χ0) is 23.3. The fourth-order valence-corrected chi connectivity index (χ4v) is 5.22. The van der Waals surface area contributed by atoms with Crippen molar-refractivity contribution < 1.29 is 9.21 Å². The number of rotatable bonds is 7. The smallest absolute Gasteiger partial charge is 0.233 e. The van der Waals surface area contributed by atoms with Crippen molar-refractivity contribution in [3.63, 3.8) is 0 Å². The molecule has 0 atom stereocenters. The number of thioether (sulfide) groups is 1. The van der Waals surface area contributed by atoms with Crippen molar-refractivity contribution >= 4 is 29.4 Å². The van der Waals surface area contributed by atoms with Crippen LogP contribution >= 0.6 is 11.8 Å². The number of hydrogen-bond donors (Lipinski definition) is 0. The van der Waals surface area contributed by atoms with E-state index < -0.39 is 0 Å².